The van der Waals surface area contributed by atoms with Gasteiger partial charge in [-0.25, -0.2) is 18.4 Å². The fraction of sp³-hybridized carbons (Fsp3) is 0.261. The van der Waals surface area contributed by atoms with Gasteiger partial charge in [-0.15, -0.1) is 0 Å². The highest BCUT2D eigenvalue weighted by Gasteiger charge is 2.22. The summed E-state index contributed by atoms with van der Waals surface area (Å²) in [6.45, 7) is 6.48. The number of sulfonamides is 1. The Kier molecular flexibility index (Phi) is 6.20. The van der Waals surface area contributed by atoms with Crippen LogP contribution in [0, 0.1) is 0 Å². The third-order valence-corrected chi connectivity index (χ3v) is 7.43. The third kappa shape index (κ3) is 4.21. The number of benzene rings is 2. The van der Waals surface area contributed by atoms with E-state index < -0.39 is 10.0 Å². The second-order valence-corrected chi connectivity index (χ2v) is 9.31. The summed E-state index contributed by atoms with van der Waals surface area (Å²) < 4.78 is 29.1. The third-order valence-electron chi connectivity index (χ3n) is 5.39. The summed E-state index contributed by atoms with van der Waals surface area (Å²) in [6, 6.07) is 16.5. The Labute approximate surface area is 188 Å². The van der Waals surface area contributed by atoms with Crippen LogP contribution < -0.4 is 5.32 Å². The Morgan fingerprint density at radius 1 is 1.03 bits per heavy atom. The molecule has 0 aliphatic rings. The average molecular weight is 451 g/mol. The average Bonchev–Trinajstić information content (AvgIpc) is 3.24. The van der Waals surface area contributed by atoms with Gasteiger partial charge < -0.3 is 5.32 Å². The maximum Gasteiger partial charge on any atom is 0.243 e. The van der Waals surface area contributed by atoms with Crippen LogP contribution >= 0.6 is 0 Å². The van der Waals surface area contributed by atoms with Crippen LogP contribution in [0.3, 0.4) is 0 Å². The van der Waals surface area contributed by atoms with Crippen molar-refractivity contribution in [3.8, 4) is 5.82 Å². The zero-order chi connectivity index (χ0) is 22.7. The first-order valence-electron chi connectivity index (χ1n) is 10.6. The van der Waals surface area contributed by atoms with E-state index in [0.717, 1.165) is 16.6 Å². The van der Waals surface area contributed by atoms with Gasteiger partial charge in [-0.3, -0.25) is 4.57 Å². The highest BCUT2D eigenvalue weighted by atomic mass is 32.2. The van der Waals surface area contributed by atoms with Crippen LogP contribution in [0.5, 0.6) is 0 Å². The van der Waals surface area contributed by atoms with Crippen LogP contribution in [-0.4, -0.2) is 45.3 Å². The molecule has 0 saturated heterocycles. The number of nitrogens with zero attached hydrogens (tertiary/aromatic N) is 5. The first kappa shape index (κ1) is 21.9. The van der Waals surface area contributed by atoms with Crippen LogP contribution in [-0.2, 0) is 10.0 Å². The lowest BCUT2D eigenvalue weighted by Gasteiger charge is -2.20. The van der Waals surface area contributed by atoms with E-state index >= 15 is 0 Å². The van der Waals surface area contributed by atoms with E-state index in [0.29, 0.717) is 24.9 Å². The molecular weight excluding hydrogens is 424 g/mol. The van der Waals surface area contributed by atoms with Crippen molar-refractivity contribution < 1.29 is 8.42 Å². The molecule has 32 heavy (non-hydrogen) atoms. The van der Waals surface area contributed by atoms with E-state index in [2.05, 4.69) is 20.3 Å². The fourth-order valence-corrected chi connectivity index (χ4v) is 5.14. The quantitative estimate of drug-likeness (QED) is 0.436. The lowest BCUT2D eigenvalue weighted by Crippen LogP contribution is -2.30. The summed E-state index contributed by atoms with van der Waals surface area (Å²) in [7, 11) is -3.52. The summed E-state index contributed by atoms with van der Waals surface area (Å²) in [4.78, 5) is 13.7. The van der Waals surface area contributed by atoms with Gasteiger partial charge in [-0.2, -0.15) is 9.29 Å². The topological polar surface area (TPSA) is 93.0 Å². The highest BCUT2D eigenvalue weighted by Crippen LogP contribution is 2.23. The Bertz CT molecular complexity index is 1330. The van der Waals surface area contributed by atoms with Gasteiger partial charge in [-0.05, 0) is 42.8 Å². The number of para-hydroxylation sites is 2. The molecule has 2 aromatic carbocycles. The molecule has 0 radical (unpaired) electrons. The predicted molar refractivity (Wildman–Crippen MR) is 125 cm³/mol. The monoisotopic (exact) mass is 450 g/mol. The molecule has 0 unspecified atom stereocenters. The molecule has 9 heteroatoms. The molecule has 0 aliphatic carbocycles. The number of anilines is 1. The summed E-state index contributed by atoms with van der Waals surface area (Å²) >= 11 is 0. The Morgan fingerprint density at radius 3 is 2.59 bits per heavy atom. The number of hydrogen-bond acceptors (Lipinski definition) is 6. The number of fused-ring (bicyclic) bond motifs is 1. The molecule has 0 saturated carbocycles. The number of hydrogen-bond donors (Lipinski definition) is 1. The first-order valence-corrected chi connectivity index (χ1v) is 12.0. The van der Waals surface area contributed by atoms with Gasteiger partial charge in [-0.1, -0.05) is 38.1 Å². The zero-order valence-electron chi connectivity index (χ0n) is 18.3. The molecule has 0 bridgehead atoms. The van der Waals surface area contributed by atoms with Crippen molar-refractivity contribution in [2.75, 3.05) is 18.4 Å². The zero-order valence-corrected chi connectivity index (χ0v) is 19.1. The Hall–Kier alpha value is -3.30. The summed E-state index contributed by atoms with van der Waals surface area (Å²) in [5.41, 5.74) is 2.68. The second-order valence-electron chi connectivity index (χ2n) is 7.37. The Balaban J connectivity index is 1.59. The highest BCUT2D eigenvalue weighted by molar-refractivity contribution is 7.89. The molecule has 0 aliphatic heterocycles. The smallest absolute Gasteiger partial charge is 0.243 e. The normalized spacial score (nSPS) is 12.9. The standard InChI is InChI=1S/C23H26N6O2S/c1-4-28(5-2)32(30,31)19-10-8-9-18(15-19)17(3)26-23-24-14-13-22(27-23)29-16-25-20-11-6-7-12-21(20)29/h6-17H,4-5H2,1-3H3,(H,24,26,27)/t17-/m1/s1. The molecule has 0 spiro atoms. The van der Waals surface area contributed by atoms with Crippen LogP contribution in [0.25, 0.3) is 16.9 Å². The maximum atomic E-state index is 12.9. The van der Waals surface area contributed by atoms with Crippen LogP contribution in [0.1, 0.15) is 32.4 Å². The van der Waals surface area contributed by atoms with Crippen molar-refractivity contribution in [3.05, 3.63) is 72.7 Å². The van der Waals surface area contributed by atoms with Crippen molar-refractivity contribution in [2.45, 2.75) is 31.7 Å². The van der Waals surface area contributed by atoms with E-state index in [1.165, 1.54) is 4.31 Å². The molecule has 8 nitrogen and oxygen atoms in total. The molecular formula is C23H26N6O2S. The molecule has 166 valence electrons. The first-order chi connectivity index (χ1) is 15.4. The van der Waals surface area contributed by atoms with Crippen LogP contribution in [0.4, 0.5) is 5.95 Å². The summed E-state index contributed by atoms with van der Waals surface area (Å²) in [5.74, 6) is 1.14. The van der Waals surface area contributed by atoms with Gasteiger partial charge in [0, 0.05) is 19.3 Å². The van der Waals surface area contributed by atoms with E-state index in [1.54, 1.807) is 30.7 Å². The molecule has 4 aromatic rings. The van der Waals surface area contributed by atoms with E-state index in [4.69, 9.17) is 0 Å². The minimum absolute atomic E-state index is 0.198. The van der Waals surface area contributed by atoms with Gasteiger partial charge in [0.1, 0.15) is 12.1 Å². The van der Waals surface area contributed by atoms with Crippen molar-refractivity contribution in [1.82, 2.24) is 23.8 Å². The Morgan fingerprint density at radius 2 is 1.81 bits per heavy atom. The lowest BCUT2D eigenvalue weighted by molar-refractivity contribution is 0.445. The van der Waals surface area contributed by atoms with Crippen molar-refractivity contribution in [1.29, 1.82) is 0 Å². The predicted octanol–water partition coefficient (Wildman–Crippen LogP) is 4.02. The van der Waals surface area contributed by atoms with Gasteiger partial charge in [0.05, 0.1) is 22.0 Å². The van der Waals surface area contributed by atoms with Gasteiger partial charge in [0.2, 0.25) is 16.0 Å². The second kappa shape index (κ2) is 9.05. The molecule has 0 fully saturated rings. The van der Waals surface area contributed by atoms with E-state index in [1.807, 2.05) is 61.7 Å². The SMILES string of the molecule is CCN(CC)S(=O)(=O)c1cccc([C@@H](C)Nc2nccc(-n3cnc4ccccc43)n2)c1. The van der Waals surface area contributed by atoms with Crippen LogP contribution in [0.2, 0.25) is 0 Å². The number of nitrogens with one attached hydrogen (secondary N) is 1. The van der Waals surface area contributed by atoms with Crippen molar-refractivity contribution in [3.63, 3.8) is 0 Å². The lowest BCUT2D eigenvalue weighted by atomic mass is 10.1. The van der Waals surface area contributed by atoms with Crippen molar-refractivity contribution in [2.24, 2.45) is 0 Å². The van der Waals surface area contributed by atoms with Crippen molar-refractivity contribution >= 4 is 27.0 Å². The fourth-order valence-electron chi connectivity index (χ4n) is 3.63. The minimum Gasteiger partial charge on any atom is -0.348 e. The largest absolute Gasteiger partial charge is 0.348 e. The number of imidazole rings is 1. The number of rotatable bonds is 8. The molecule has 1 N–H and O–H groups in total. The molecule has 1 atom stereocenters. The van der Waals surface area contributed by atoms with Crippen LogP contribution in [0.15, 0.2) is 72.0 Å². The van der Waals surface area contributed by atoms with Gasteiger partial charge in [0.25, 0.3) is 0 Å². The summed E-state index contributed by atoms with van der Waals surface area (Å²) in [5, 5.41) is 3.28. The van der Waals surface area contributed by atoms with Gasteiger partial charge in [0.15, 0.2) is 0 Å². The summed E-state index contributed by atoms with van der Waals surface area (Å²) in [6.07, 6.45) is 3.43. The van der Waals surface area contributed by atoms with E-state index in [-0.39, 0.29) is 10.9 Å². The maximum absolute atomic E-state index is 12.9. The molecule has 4 rings (SSSR count). The minimum atomic E-state index is -3.52. The molecule has 0 amide bonds. The van der Waals surface area contributed by atoms with E-state index in [9.17, 15) is 8.42 Å². The number of aromatic nitrogens is 4. The molecule has 2 heterocycles. The van der Waals surface area contributed by atoms with Gasteiger partial charge >= 0.3 is 0 Å². The molecule has 2 aromatic heterocycles.